The molecule has 0 bridgehead atoms. The Morgan fingerprint density at radius 3 is 3.11 bits per heavy atom. The van der Waals surface area contributed by atoms with E-state index in [1.165, 1.54) is 0 Å². The summed E-state index contributed by atoms with van der Waals surface area (Å²) in [5.41, 5.74) is 7.35. The highest BCUT2D eigenvalue weighted by atomic mass is 16.4. The summed E-state index contributed by atoms with van der Waals surface area (Å²) in [7, 11) is 0. The Balaban J connectivity index is 1.90. The number of nitrogens with one attached hydrogen (secondary N) is 1. The number of carboxylic acid groups (broad SMARTS) is 1. The van der Waals surface area contributed by atoms with Crippen LogP contribution in [-0.4, -0.2) is 46.1 Å². The van der Waals surface area contributed by atoms with Gasteiger partial charge in [-0.15, -0.1) is 0 Å². The van der Waals surface area contributed by atoms with Crippen molar-refractivity contribution in [1.82, 2.24) is 15.2 Å². The van der Waals surface area contributed by atoms with Crippen LogP contribution in [0, 0.1) is 0 Å². The Hall–Kier alpha value is -2.15. The Morgan fingerprint density at radius 1 is 1.58 bits per heavy atom. The van der Waals surface area contributed by atoms with Gasteiger partial charge in [-0.3, -0.25) is 9.78 Å². The molecule has 0 aromatic carbocycles. The minimum Gasteiger partial charge on any atom is -0.480 e. The molecule has 0 fully saturated rings. The van der Waals surface area contributed by atoms with E-state index in [0.29, 0.717) is 13.1 Å². The Morgan fingerprint density at radius 2 is 2.37 bits per heavy atom. The van der Waals surface area contributed by atoms with Gasteiger partial charge in [0.05, 0.1) is 12.2 Å². The van der Waals surface area contributed by atoms with Crippen molar-refractivity contribution in [2.75, 3.05) is 13.1 Å². The number of aromatic nitrogens is 1. The number of hydrogen-bond donors (Lipinski definition) is 3. The number of nitrogens with two attached hydrogens (primary N) is 1. The molecule has 1 atom stereocenters. The largest absolute Gasteiger partial charge is 0.480 e. The molecule has 0 spiro atoms. The Bertz CT molecular complexity index is 492. The maximum atomic E-state index is 11.9. The van der Waals surface area contributed by atoms with Crippen molar-refractivity contribution in [3.63, 3.8) is 0 Å². The van der Waals surface area contributed by atoms with Gasteiger partial charge in [0.15, 0.2) is 0 Å². The summed E-state index contributed by atoms with van der Waals surface area (Å²) < 4.78 is 0. The molecule has 2 heterocycles. The van der Waals surface area contributed by atoms with Crippen LogP contribution in [0.25, 0.3) is 0 Å². The molecule has 1 unspecified atom stereocenters. The molecular formula is C12H16N4O3. The second kappa shape index (κ2) is 5.66. The van der Waals surface area contributed by atoms with Crippen molar-refractivity contribution in [2.45, 2.75) is 19.0 Å². The molecule has 7 heteroatoms. The average Bonchev–Trinajstić information content (AvgIpc) is 2.43. The Kier molecular flexibility index (Phi) is 3.96. The standard InChI is InChI=1S/C12H16N4O3/c13-9(11(17)18)6-15-12(19)16-5-3-8-2-1-4-14-10(8)7-16/h1-2,4,9H,3,5-7,13H2,(H,15,19)(H,17,18). The van der Waals surface area contributed by atoms with E-state index in [2.05, 4.69) is 10.3 Å². The van der Waals surface area contributed by atoms with Crippen molar-refractivity contribution >= 4 is 12.0 Å². The molecule has 102 valence electrons. The maximum absolute atomic E-state index is 11.9. The molecular weight excluding hydrogens is 248 g/mol. The van der Waals surface area contributed by atoms with Crippen molar-refractivity contribution in [2.24, 2.45) is 5.73 Å². The Labute approximate surface area is 110 Å². The van der Waals surface area contributed by atoms with E-state index >= 15 is 0 Å². The predicted octanol–water partition coefficient (Wildman–Crippen LogP) is -0.439. The smallest absolute Gasteiger partial charge is 0.322 e. The fraction of sp³-hybridized carbons (Fsp3) is 0.417. The van der Waals surface area contributed by atoms with Crippen LogP contribution in [0.1, 0.15) is 11.3 Å². The summed E-state index contributed by atoms with van der Waals surface area (Å²) in [6.07, 6.45) is 2.45. The van der Waals surface area contributed by atoms with Crippen molar-refractivity contribution < 1.29 is 14.7 Å². The van der Waals surface area contributed by atoms with Gasteiger partial charge in [-0.1, -0.05) is 6.07 Å². The first-order valence-corrected chi connectivity index (χ1v) is 6.02. The van der Waals surface area contributed by atoms with Gasteiger partial charge in [-0.05, 0) is 18.1 Å². The molecule has 0 saturated carbocycles. The fourth-order valence-corrected chi connectivity index (χ4v) is 1.93. The number of nitrogens with zero attached hydrogens (tertiary/aromatic N) is 2. The molecule has 2 rings (SSSR count). The number of fused-ring (bicyclic) bond motifs is 1. The first-order chi connectivity index (χ1) is 9.08. The number of amides is 2. The third kappa shape index (κ3) is 3.19. The van der Waals surface area contributed by atoms with Gasteiger partial charge < -0.3 is 21.1 Å². The molecule has 0 aliphatic carbocycles. The monoisotopic (exact) mass is 264 g/mol. The van der Waals surface area contributed by atoms with E-state index in [1.807, 2.05) is 12.1 Å². The average molecular weight is 264 g/mol. The third-order valence-electron chi connectivity index (χ3n) is 3.05. The lowest BCUT2D eigenvalue weighted by molar-refractivity contribution is -0.138. The maximum Gasteiger partial charge on any atom is 0.322 e. The van der Waals surface area contributed by atoms with Crippen LogP contribution >= 0.6 is 0 Å². The molecule has 2 amide bonds. The summed E-state index contributed by atoms with van der Waals surface area (Å²) in [4.78, 5) is 28.3. The van der Waals surface area contributed by atoms with E-state index in [-0.39, 0.29) is 12.6 Å². The van der Waals surface area contributed by atoms with Crippen LogP contribution in [0.15, 0.2) is 18.3 Å². The van der Waals surface area contributed by atoms with Crippen molar-refractivity contribution in [3.05, 3.63) is 29.6 Å². The van der Waals surface area contributed by atoms with Crippen LogP contribution < -0.4 is 11.1 Å². The van der Waals surface area contributed by atoms with Crippen LogP contribution in [0.3, 0.4) is 0 Å². The number of carbonyl (C=O) groups is 2. The predicted molar refractivity (Wildman–Crippen MR) is 67.4 cm³/mol. The molecule has 1 aromatic rings. The van der Waals surface area contributed by atoms with E-state index in [0.717, 1.165) is 17.7 Å². The lowest BCUT2D eigenvalue weighted by Gasteiger charge is -2.28. The molecule has 7 nitrogen and oxygen atoms in total. The van der Waals surface area contributed by atoms with Crippen LogP contribution in [0.5, 0.6) is 0 Å². The van der Waals surface area contributed by atoms with Crippen LogP contribution in [0.4, 0.5) is 4.79 Å². The van der Waals surface area contributed by atoms with Gasteiger partial charge in [-0.25, -0.2) is 4.79 Å². The van der Waals surface area contributed by atoms with E-state index in [9.17, 15) is 9.59 Å². The second-order valence-corrected chi connectivity index (χ2v) is 4.41. The first kappa shape index (κ1) is 13.3. The molecule has 1 aliphatic rings. The molecule has 0 radical (unpaired) electrons. The molecule has 19 heavy (non-hydrogen) atoms. The third-order valence-corrected chi connectivity index (χ3v) is 3.05. The van der Waals surface area contributed by atoms with Crippen molar-refractivity contribution in [1.29, 1.82) is 0 Å². The summed E-state index contributed by atoms with van der Waals surface area (Å²) in [6.45, 7) is 0.941. The van der Waals surface area contributed by atoms with Gasteiger partial charge in [0.1, 0.15) is 6.04 Å². The van der Waals surface area contributed by atoms with E-state index in [4.69, 9.17) is 10.8 Å². The molecule has 0 saturated heterocycles. The summed E-state index contributed by atoms with van der Waals surface area (Å²) in [5.74, 6) is -1.13. The molecule has 1 aromatic heterocycles. The topological polar surface area (TPSA) is 109 Å². The highest BCUT2D eigenvalue weighted by molar-refractivity contribution is 5.77. The molecule has 4 N–H and O–H groups in total. The van der Waals surface area contributed by atoms with Gasteiger partial charge in [0.2, 0.25) is 0 Å². The lowest BCUT2D eigenvalue weighted by Crippen LogP contribution is -2.48. The van der Waals surface area contributed by atoms with Gasteiger partial charge >= 0.3 is 12.0 Å². The quantitative estimate of drug-likeness (QED) is 0.686. The first-order valence-electron chi connectivity index (χ1n) is 6.02. The zero-order chi connectivity index (χ0) is 13.8. The summed E-state index contributed by atoms with van der Waals surface area (Å²) >= 11 is 0. The summed E-state index contributed by atoms with van der Waals surface area (Å²) in [6, 6.07) is 2.48. The van der Waals surface area contributed by atoms with Gasteiger partial charge in [0, 0.05) is 19.3 Å². The van der Waals surface area contributed by atoms with Crippen LogP contribution in [-0.2, 0) is 17.8 Å². The number of rotatable bonds is 3. The number of pyridine rings is 1. The zero-order valence-electron chi connectivity index (χ0n) is 10.4. The summed E-state index contributed by atoms with van der Waals surface area (Å²) in [5, 5.41) is 11.2. The normalized spacial score (nSPS) is 15.5. The zero-order valence-corrected chi connectivity index (χ0v) is 10.4. The van der Waals surface area contributed by atoms with E-state index in [1.54, 1.807) is 11.1 Å². The highest BCUT2D eigenvalue weighted by Crippen LogP contribution is 2.15. The number of aliphatic carboxylic acids is 1. The van der Waals surface area contributed by atoms with Gasteiger partial charge in [-0.2, -0.15) is 0 Å². The number of urea groups is 1. The van der Waals surface area contributed by atoms with Gasteiger partial charge in [0.25, 0.3) is 0 Å². The minimum absolute atomic E-state index is 0.0836. The van der Waals surface area contributed by atoms with Crippen molar-refractivity contribution in [3.8, 4) is 0 Å². The molecule has 1 aliphatic heterocycles. The fourth-order valence-electron chi connectivity index (χ4n) is 1.93. The van der Waals surface area contributed by atoms with E-state index < -0.39 is 12.0 Å². The second-order valence-electron chi connectivity index (χ2n) is 4.41. The number of carbonyl (C=O) groups excluding carboxylic acids is 1. The number of hydrogen-bond acceptors (Lipinski definition) is 4. The SMILES string of the molecule is NC(CNC(=O)N1CCc2cccnc2C1)C(=O)O. The number of carboxylic acids is 1. The highest BCUT2D eigenvalue weighted by Gasteiger charge is 2.22. The minimum atomic E-state index is -1.13. The lowest BCUT2D eigenvalue weighted by atomic mass is 10.1. The van der Waals surface area contributed by atoms with Crippen LogP contribution in [0.2, 0.25) is 0 Å².